The number of aliphatic hydroxyl groups is 1. The first-order valence-electron chi connectivity index (χ1n) is 14.3. The van der Waals surface area contributed by atoms with Crippen LogP contribution in [0.25, 0.3) is 10.4 Å². The molecule has 0 spiro atoms. The fourth-order valence-corrected chi connectivity index (χ4v) is 7.54. The van der Waals surface area contributed by atoms with Crippen LogP contribution in [0.3, 0.4) is 0 Å². The number of likely N-dealkylation sites (tertiary alicyclic amines) is 1. The van der Waals surface area contributed by atoms with Crippen molar-refractivity contribution in [2.75, 3.05) is 6.54 Å². The zero-order chi connectivity index (χ0) is 27.8. The number of rotatable bonds is 8. The Morgan fingerprint density at radius 2 is 1.85 bits per heavy atom. The molecule has 40 heavy (non-hydrogen) atoms. The van der Waals surface area contributed by atoms with E-state index >= 15 is 0 Å². The zero-order valence-electron chi connectivity index (χ0n) is 22.8. The highest BCUT2D eigenvalue weighted by Gasteiger charge is 2.47. The molecule has 1 saturated carbocycles. The van der Waals surface area contributed by atoms with Gasteiger partial charge < -0.3 is 14.9 Å². The summed E-state index contributed by atoms with van der Waals surface area (Å²) in [5, 5.41) is 10.6. The van der Waals surface area contributed by atoms with Crippen molar-refractivity contribution in [2.24, 2.45) is 5.92 Å². The number of fused-ring (bicyclic) bond motifs is 1. The van der Waals surface area contributed by atoms with Crippen LogP contribution in [0, 0.1) is 12.8 Å². The topological polar surface area (TPSA) is 90.8 Å². The van der Waals surface area contributed by atoms with Crippen molar-refractivity contribution in [1.82, 2.24) is 14.8 Å². The van der Waals surface area contributed by atoms with E-state index < -0.39 is 18.2 Å². The third kappa shape index (κ3) is 5.10. The smallest absolute Gasteiger partial charge is 0.255 e. The molecule has 1 unspecified atom stereocenters. The molecule has 1 aliphatic carbocycles. The van der Waals surface area contributed by atoms with Crippen molar-refractivity contribution in [2.45, 2.75) is 76.6 Å². The van der Waals surface area contributed by atoms with E-state index in [0.717, 1.165) is 52.9 Å². The Morgan fingerprint density at radius 1 is 1.10 bits per heavy atom. The number of amides is 2. The number of carbonyl (C=O) groups excluding carboxylic acids is 3. The maximum atomic E-state index is 14.2. The number of aliphatic hydroxyl groups excluding tert-OH is 1. The average molecular weight is 558 g/mol. The molecule has 8 heteroatoms. The van der Waals surface area contributed by atoms with Gasteiger partial charge in [0.2, 0.25) is 5.91 Å². The predicted octanol–water partition coefficient (Wildman–Crippen LogP) is 4.80. The summed E-state index contributed by atoms with van der Waals surface area (Å²) < 4.78 is 0. The van der Waals surface area contributed by atoms with Crippen LogP contribution in [0.4, 0.5) is 0 Å². The number of aryl methyl sites for hydroxylation is 2. The SMILES string of the molecule is Cc1ncsc1-c1ccc(CCC(=O)[C@@H]2C[C@@H](O)CN2C(=O)C(C2CCCC2)N2Cc3ccccc3C2=O)cc1. The van der Waals surface area contributed by atoms with Crippen molar-refractivity contribution in [1.29, 1.82) is 0 Å². The van der Waals surface area contributed by atoms with Gasteiger partial charge in [0.25, 0.3) is 5.91 Å². The number of thiazole rings is 1. The van der Waals surface area contributed by atoms with Crippen molar-refractivity contribution in [3.05, 3.63) is 76.4 Å². The average Bonchev–Trinajstić information content (AvgIpc) is 3.77. The minimum Gasteiger partial charge on any atom is -0.391 e. The van der Waals surface area contributed by atoms with E-state index in [1.807, 2.05) is 48.8 Å². The predicted molar refractivity (Wildman–Crippen MR) is 154 cm³/mol. The standard InChI is InChI=1S/C32H35N3O4S/c1-20-30(40-19-33-20)23-13-10-21(11-14-23)12-15-28(37)27-16-25(36)18-34(27)32(39)29(22-6-2-3-7-22)35-17-24-8-4-5-9-26(24)31(35)38/h4-5,8-11,13-14,19,22,25,27,29,36H,2-3,6-7,12,15-18H2,1H3/t25-,27+,29?/m1/s1. The number of nitrogens with zero attached hydrogens (tertiary/aromatic N) is 3. The lowest BCUT2D eigenvalue weighted by molar-refractivity contribution is -0.143. The maximum Gasteiger partial charge on any atom is 0.255 e. The van der Waals surface area contributed by atoms with E-state index in [0.29, 0.717) is 24.9 Å². The van der Waals surface area contributed by atoms with Crippen LogP contribution in [-0.2, 0) is 22.6 Å². The van der Waals surface area contributed by atoms with Crippen LogP contribution in [0.15, 0.2) is 54.0 Å². The zero-order valence-corrected chi connectivity index (χ0v) is 23.6. The molecule has 7 nitrogen and oxygen atoms in total. The fraction of sp³-hybridized carbons (Fsp3) is 0.438. The molecule has 3 atom stereocenters. The lowest BCUT2D eigenvalue weighted by atomic mass is 9.94. The second-order valence-electron chi connectivity index (χ2n) is 11.4. The normalized spacial score (nSPS) is 21.7. The highest BCUT2D eigenvalue weighted by Crippen LogP contribution is 2.37. The van der Waals surface area contributed by atoms with Crippen LogP contribution in [-0.4, -0.2) is 62.2 Å². The Kier molecular flexibility index (Phi) is 7.55. The second-order valence-corrected chi connectivity index (χ2v) is 12.3. The monoisotopic (exact) mass is 557 g/mol. The summed E-state index contributed by atoms with van der Waals surface area (Å²) >= 11 is 1.61. The van der Waals surface area contributed by atoms with Crippen molar-refractivity contribution in [3.8, 4) is 10.4 Å². The number of β-amino-alcohol motifs (C(OH)–C–C–N with tert-alkyl or cyclic N) is 1. The van der Waals surface area contributed by atoms with Gasteiger partial charge in [-0.15, -0.1) is 11.3 Å². The van der Waals surface area contributed by atoms with Gasteiger partial charge in [0.05, 0.1) is 28.2 Å². The van der Waals surface area contributed by atoms with E-state index in [-0.39, 0.29) is 36.5 Å². The van der Waals surface area contributed by atoms with Crippen LogP contribution in [0.1, 0.15) is 65.7 Å². The number of hydrogen-bond acceptors (Lipinski definition) is 6. The molecule has 2 fully saturated rings. The Labute approximate surface area is 238 Å². The molecule has 1 aromatic heterocycles. The van der Waals surface area contributed by atoms with E-state index in [9.17, 15) is 19.5 Å². The van der Waals surface area contributed by atoms with E-state index in [1.54, 1.807) is 21.1 Å². The van der Waals surface area contributed by atoms with E-state index in [1.165, 1.54) is 0 Å². The fourth-order valence-electron chi connectivity index (χ4n) is 6.73. The lowest BCUT2D eigenvalue weighted by Crippen LogP contribution is -2.54. The molecule has 0 bridgehead atoms. The number of Topliss-reactive ketones (excluding diaryl/α,β-unsaturated/α-hetero) is 1. The number of benzene rings is 2. The molecular formula is C32H35N3O4S. The van der Waals surface area contributed by atoms with Crippen LogP contribution in [0.2, 0.25) is 0 Å². The molecule has 3 aliphatic rings. The molecule has 0 radical (unpaired) electrons. The largest absolute Gasteiger partial charge is 0.391 e. The summed E-state index contributed by atoms with van der Waals surface area (Å²) in [6, 6.07) is 14.5. The minimum atomic E-state index is -0.740. The van der Waals surface area contributed by atoms with Crippen LogP contribution >= 0.6 is 11.3 Å². The lowest BCUT2D eigenvalue weighted by Gasteiger charge is -2.36. The summed E-state index contributed by atoms with van der Waals surface area (Å²) in [5.74, 6) is -0.263. The molecular weight excluding hydrogens is 522 g/mol. The first-order chi connectivity index (χ1) is 19.4. The Bertz CT molecular complexity index is 1410. The summed E-state index contributed by atoms with van der Waals surface area (Å²) in [5.41, 5.74) is 6.61. The molecule has 1 N–H and O–H groups in total. The first-order valence-corrected chi connectivity index (χ1v) is 15.2. The molecule has 208 valence electrons. The maximum absolute atomic E-state index is 14.2. The number of ketones is 1. The quantitative estimate of drug-likeness (QED) is 0.430. The van der Waals surface area contributed by atoms with Gasteiger partial charge in [-0.1, -0.05) is 55.3 Å². The Hall–Kier alpha value is -3.36. The van der Waals surface area contributed by atoms with E-state index in [4.69, 9.17) is 0 Å². The van der Waals surface area contributed by atoms with Gasteiger partial charge in [0.1, 0.15) is 6.04 Å². The highest BCUT2D eigenvalue weighted by molar-refractivity contribution is 7.13. The van der Waals surface area contributed by atoms with Gasteiger partial charge in [0.15, 0.2) is 5.78 Å². The van der Waals surface area contributed by atoms with Gasteiger partial charge in [-0.3, -0.25) is 14.4 Å². The molecule has 2 aromatic carbocycles. The van der Waals surface area contributed by atoms with Crippen molar-refractivity contribution >= 4 is 28.9 Å². The molecule has 6 rings (SSSR count). The number of carbonyl (C=O) groups is 3. The number of hydrogen-bond donors (Lipinski definition) is 1. The Balaban J connectivity index is 1.17. The molecule has 3 heterocycles. The molecule has 2 aliphatic heterocycles. The van der Waals surface area contributed by atoms with Crippen molar-refractivity contribution < 1.29 is 19.5 Å². The molecule has 3 aromatic rings. The Morgan fingerprint density at radius 3 is 2.55 bits per heavy atom. The van der Waals surface area contributed by atoms with Gasteiger partial charge >= 0.3 is 0 Å². The van der Waals surface area contributed by atoms with E-state index in [2.05, 4.69) is 17.1 Å². The van der Waals surface area contributed by atoms with Gasteiger partial charge in [-0.2, -0.15) is 0 Å². The first kappa shape index (κ1) is 26.8. The third-order valence-electron chi connectivity index (χ3n) is 8.84. The molecule has 2 amide bonds. The number of aromatic nitrogens is 1. The summed E-state index contributed by atoms with van der Waals surface area (Å²) in [6.45, 7) is 2.54. The minimum absolute atomic E-state index is 0.0338. The molecule has 1 saturated heterocycles. The van der Waals surface area contributed by atoms with Gasteiger partial charge in [-0.25, -0.2) is 4.98 Å². The van der Waals surface area contributed by atoms with Crippen LogP contribution in [0.5, 0.6) is 0 Å². The summed E-state index contributed by atoms with van der Waals surface area (Å²) in [4.78, 5) is 49.9. The summed E-state index contributed by atoms with van der Waals surface area (Å²) in [7, 11) is 0. The second kappa shape index (κ2) is 11.3. The van der Waals surface area contributed by atoms with Crippen LogP contribution < -0.4 is 0 Å². The van der Waals surface area contributed by atoms with Gasteiger partial charge in [-0.05, 0) is 54.9 Å². The van der Waals surface area contributed by atoms with Gasteiger partial charge in [0, 0.05) is 31.5 Å². The summed E-state index contributed by atoms with van der Waals surface area (Å²) in [6.07, 6.45) is 4.23. The van der Waals surface area contributed by atoms with Crippen molar-refractivity contribution in [3.63, 3.8) is 0 Å². The highest BCUT2D eigenvalue weighted by atomic mass is 32.1. The third-order valence-corrected chi connectivity index (χ3v) is 9.82.